The topological polar surface area (TPSA) is 17.3 Å². The molecule has 6 heteroatoms. The van der Waals surface area contributed by atoms with Crippen molar-refractivity contribution in [3.63, 3.8) is 0 Å². The number of halogens is 1. The third kappa shape index (κ3) is 3.85. The summed E-state index contributed by atoms with van der Waals surface area (Å²) < 4.78 is 16.3. The van der Waals surface area contributed by atoms with Gasteiger partial charge in [-0.25, -0.2) is 4.99 Å². The van der Waals surface area contributed by atoms with Gasteiger partial charge in [0.25, 0.3) is 0 Å². The number of hydrogen-bond acceptors (Lipinski definition) is 3. The van der Waals surface area contributed by atoms with Crippen molar-refractivity contribution in [2.45, 2.75) is 34.6 Å². The van der Waals surface area contributed by atoms with Gasteiger partial charge in [0.1, 0.15) is 0 Å². The van der Waals surface area contributed by atoms with Crippen molar-refractivity contribution in [2.24, 2.45) is 4.99 Å². The van der Waals surface area contributed by atoms with Gasteiger partial charge in [0.2, 0.25) is 0 Å². The Hall–Kier alpha value is -2.96. The Bertz CT molecular complexity index is 1450. The van der Waals surface area contributed by atoms with E-state index >= 15 is 0 Å². The first-order chi connectivity index (χ1) is 16.4. The van der Waals surface area contributed by atoms with Gasteiger partial charge in [-0.05, 0) is 97.5 Å². The van der Waals surface area contributed by atoms with Crippen LogP contribution in [-0.4, -0.2) is 17.9 Å². The molecule has 4 heterocycles. The summed E-state index contributed by atoms with van der Waals surface area (Å²) in [6.45, 7) is 10.5. The van der Waals surface area contributed by atoms with Gasteiger partial charge in [0, 0.05) is 16.1 Å². The summed E-state index contributed by atoms with van der Waals surface area (Å²) in [4.78, 5) is 7.30. The SMILES string of the molecule is CC1=C/C(=C(\c2c(C)cc(C)cc2C)c2cc(C)c(-c3cccs3)n2[B]F)N=C1c1cccs1. The quantitative estimate of drug-likeness (QED) is 0.256. The number of nitrogens with zero attached hydrogens (tertiary/aromatic N) is 2. The summed E-state index contributed by atoms with van der Waals surface area (Å²) >= 11 is 3.30. The maximum atomic E-state index is 14.6. The molecule has 5 rings (SSSR count). The Labute approximate surface area is 209 Å². The Morgan fingerprint density at radius 1 is 0.882 bits per heavy atom. The molecule has 2 nitrogen and oxygen atoms in total. The van der Waals surface area contributed by atoms with Crippen molar-refractivity contribution in [3.8, 4) is 10.6 Å². The molecule has 169 valence electrons. The molecule has 0 N–H and O–H groups in total. The van der Waals surface area contributed by atoms with E-state index in [-0.39, 0.29) is 0 Å². The summed E-state index contributed by atoms with van der Waals surface area (Å²) in [5, 5.41) is 4.10. The lowest BCUT2D eigenvalue weighted by Crippen LogP contribution is -2.09. The van der Waals surface area contributed by atoms with Gasteiger partial charge in [-0.3, -0.25) is 0 Å². The number of thiophene rings is 2. The molecule has 3 aromatic heterocycles. The van der Waals surface area contributed by atoms with Gasteiger partial charge >= 0.3 is 7.69 Å². The normalized spacial score (nSPS) is 14.9. The molecule has 0 amide bonds. The van der Waals surface area contributed by atoms with E-state index in [1.54, 1.807) is 27.2 Å². The first-order valence-electron chi connectivity index (χ1n) is 11.2. The summed E-state index contributed by atoms with van der Waals surface area (Å²) in [6.07, 6.45) is 2.14. The second-order valence-corrected chi connectivity index (χ2v) is 10.7. The molecule has 0 bridgehead atoms. The van der Waals surface area contributed by atoms with Crippen LogP contribution in [0.2, 0.25) is 0 Å². The van der Waals surface area contributed by atoms with E-state index in [0.717, 1.165) is 66.0 Å². The molecule has 0 saturated carbocycles. The zero-order valence-electron chi connectivity index (χ0n) is 19.9. The molecule has 1 aliphatic rings. The predicted octanol–water partition coefficient (Wildman–Crippen LogP) is 8.07. The van der Waals surface area contributed by atoms with E-state index in [2.05, 4.69) is 63.4 Å². The van der Waals surface area contributed by atoms with Crippen LogP contribution < -0.4 is 0 Å². The van der Waals surface area contributed by atoms with Crippen LogP contribution in [0.25, 0.3) is 16.1 Å². The zero-order valence-corrected chi connectivity index (χ0v) is 21.6. The fraction of sp³-hybridized carbons (Fsp3) is 0.179. The second-order valence-electron chi connectivity index (χ2n) is 8.81. The van der Waals surface area contributed by atoms with Crippen LogP contribution in [0.15, 0.2) is 75.6 Å². The first-order valence-corrected chi connectivity index (χ1v) is 13.0. The molecular weight excluding hydrogens is 458 g/mol. The monoisotopic (exact) mass is 483 g/mol. The molecule has 0 atom stereocenters. The van der Waals surface area contributed by atoms with Gasteiger partial charge in [-0.1, -0.05) is 29.8 Å². The van der Waals surface area contributed by atoms with Crippen molar-refractivity contribution >= 4 is 41.6 Å². The van der Waals surface area contributed by atoms with E-state index < -0.39 is 0 Å². The van der Waals surface area contributed by atoms with Gasteiger partial charge in [-0.2, -0.15) is 0 Å². The van der Waals surface area contributed by atoms with Crippen molar-refractivity contribution in [1.82, 2.24) is 4.48 Å². The highest BCUT2D eigenvalue weighted by Crippen LogP contribution is 2.40. The lowest BCUT2D eigenvalue weighted by molar-refractivity contribution is 0.834. The molecule has 0 fully saturated rings. The molecule has 0 unspecified atom stereocenters. The minimum absolute atomic E-state index is 0.687. The molecule has 0 aliphatic carbocycles. The van der Waals surface area contributed by atoms with Gasteiger partial charge in [0.05, 0.1) is 22.0 Å². The number of aliphatic imine (C=N–C) groups is 1. The fourth-order valence-corrected chi connectivity index (χ4v) is 6.55. The van der Waals surface area contributed by atoms with E-state index in [1.165, 1.54) is 5.56 Å². The third-order valence-corrected chi connectivity index (χ3v) is 7.99. The lowest BCUT2D eigenvalue weighted by atomic mass is 9.90. The number of hydrogen-bond donors (Lipinski definition) is 0. The summed E-state index contributed by atoms with van der Waals surface area (Å²) in [6, 6.07) is 14.7. The molecule has 1 aromatic carbocycles. The summed E-state index contributed by atoms with van der Waals surface area (Å²) in [7, 11) is 0.687. The Morgan fingerprint density at radius 3 is 2.12 bits per heavy atom. The standard InChI is InChI=1S/C28H25BFN2S2/c1-16-12-17(2)25(18(3)13-16)26(21-14-19(4)27(31-21)23-8-6-10-33-23)22-15-20(5)28(32(22)29-30)24-9-7-11-34-24/h6-15H,1-5H3/b26-21+. The molecule has 34 heavy (non-hydrogen) atoms. The number of allylic oxidation sites excluding steroid dienone is 2. The van der Waals surface area contributed by atoms with Gasteiger partial charge in [0.15, 0.2) is 0 Å². The third-order valence-electron chi connectivity index (χ3n) is 6.23. The smallest absolute Gasteiger partial charge is 0.357 e. The largest absolute Gasteiger partial charge is 0.495 e. The average molecular weight is 483 g/mol. The van der Waals surface area contributed by atoms with Crippen LogP contribution in [0, 0.1) is 27.7 Å². The van der Waals surface area contributed by atoms with E-state index in [9.17, 15) is 4.32 Å². The van der Waals surface area contributed by atoms with Gasteiger partial charge in [-0.15, -0.1) is 22.7 Å². The average Bonchev–Trinajstić information content (AvgIpc) is 3.57. The van der Waals surface area contributed by atoms with Crippen LogP contribution in [0.4, 0.5) is 4.32 Å². The number of aryl methyl sites for hydroxylation is 4. The fourth-order valence-electron chi connectivity index (χ4n) is 4.94. The molecule has 1 radical (unpaired) electrons. The molecule has 0 spiro atoms. The minimum Gasteiger partial charge on any atom is -0.357 e. The highest BCUT2D eigenvalue weighted by atomic mass is 32.1. The molecular formula is C28H25BFN2S2. The second kappa shape index (κ2) is 9.01. The highest BCUT2D eigenvalue weighted by Gasteiger charge is 2.26. The Morgan fingerprint density at radius 2 is 1.53 bits per heavy atom. The van der Waals surface area contributed by atoms with Gasteiger partial charge < -0.3 is 8.79 Å². The molecule has 0 saturated heterocycles. The van der Waals surface area contributed by atoms with Crippen molar-refractivity contribution in [2.75, 3.05) is 0 Å². The first kappa shape index (κ1) is 22.8. The molecule has 1 aliphatic heterocycles. The van der Waals surface area contributed by atoms with Crippen molar-refractivity contribution in [3.05, 3.63) is 109 Å². The Balaban J connectivity index is 1.84. The summed E-state index contributed by atoms with van der Waals surface area (Å²) in [5.41, 5.74) is 11.3. The van der Waals surface area contributed by atoms with Crippen LogP contribution >= 0.6 is 22.7 Å². The summed E-state index contributed by atoms with van der Waals surface area (Å²) in [5.74, 6) is 0. The van der Waals surface area contributed by atoms with E-state index in [0.29, 0.717) is 7.69 Å². The van der Waals surface area contributed by atoms with Crippen LogP contribution in [0.1, 0.15) is 45.3 Å². The Kier molecular flexibility index (Phi) is 6.05. The number of aromatic nitrogens is 1. The van der Waals surface area contributed by atoms with Crippen LogP contribution in [0.5, 0.6) is 0 Å². The van der Waals surface area contributed by atoms with E-state index in [4.69, 9.17) is 4.99 Å². The number of benzene rings is 1. The zero-order chi connectivity index (χ0) is 24.0. The number of rotatable bonds is 5. The molecule has 4 aromatic rings. The lowest BCUT2D eigenvalue weighted by Gasteiger charge is -2.18. The minimum atomic E-state index is 0.687. The highest BCUT2D eigenvalue weighted by molar-refractivity contribution is 7.13. The van der Waals surface area contributed by atoms with Crippen molar-refractivity contribution < 1.29 is 4.32 Å². The van der Waals surface area contributed by atoms with E-state index in [1.807, 2.05) is 30.5 Å². The van der Waals surface area contributed by atoms with Crippen LogP contribution in [0.3, 0.4) is 0 Å². The maximum Gasteiger partial charge on any atom is 0.495 e. The maximum absolute atomic E-state index is 14.6. The van der Waals surface area contributed by atoms with Crippen molar-refractivity contribution in [1.29, 1.82) is 0 Å². The van der Waals surface area contributed by atoms with Crippen LogP contribution in [-0.2, 0) is 0 Å². The predicted molar refractivity (Wildman–Crippen MR) is 146 cm³/mol.